The highest BCUT2D eigenvalue weighted by Gasteiger charge is 2.19. The van der Waals surface area contributed by atoms with E-state index in [4.69, 9.17) is 9.63 Å². The monoisotopic (exact) mass is 241 g/mol. The molecule has 0 fully saturated rings. The zero-order valence-corrected chi connectivity index (χ0v) is 10.4. The molecule has 0 saturated heterocycles. The molecule has 1 aromatic rings. The first-order valence-electron chi connectivity index (χ1n) is 5.48. The van der Waals surface area contributed by atoms with Crippen molar-refractivity contribution in [2.24, 2.45) is 5.41 Å². The summed E-state index contributed by atoms with van der Waals surface area (Å²) in [7, 11) is 1.87. The summed E-state index contributed by atoms with van der Waals surface area (Å²) in [5.41, 5.74) is 0.155. The Morgan fingerprint density at radius 1 is 1.53 bits per heavy atom. The Morgan fingerprint density at radius 3 is 2.76 bits per heavy atom. The number of amides is 1. The van der Waals surface area contributed by atoms with Crippen LogP contribution in [0.3, 0.4) is 0 Å². The van der Waals surface area contributed by atoms with E-state index < -0.39 is 0 Å². The second-order valence-electron chi connectivity index (χ2n) is 4.71. The predicted molar refractivity (Wildman–Crippen MR) is 62.5 cm³/mol. The van der Waals surface area contributed by atoms with Crippen LogP contribution in [0.25, 0.3) is 0 Å². The number of carbonyl (C=O) groups excluding carboxylic acids is 1. The average molecular weight is 241 g/mol. The maximum absolute atomic E-state index is 11.7. The van der Waals surface area contributed by atoms with Crippen molar-refractivity contribution in [3.8, 4) is 0 Å². The highest BCUT2D eigenvalue weighted by Crippen LogP contribution is 2.11. The van der Waals surface area contributed by atoms with Gasteiger partial charge < -0.3 is 20.3 Å². The SMILES string of the molecule is CNCC(C)(C)CNC(=O)c1cc(CO)on1. The van der Waals surface area contributed by atoms with Crippen molar-refractivity contribution in [1.29, 1.82) is 0 Å². The van der Waals surface area contributed by atoms with E-state index in [0.717, 1.165) is 6.54 Å². The maximum atomic E-state index is 11.7. The molecular weight excluding hydrogens is 222 g/mol. The standard InChI is InChI=1S/C11H19N3O3/c1-11(2,6-12-3)7-13-10(16)9-4-8(5-15)17-14-9/h4,12,15H,5-7H2,1-3H3,(H,13,16). The minimum Gasteiger partial charge on any atom is -0.388 e. The van der Waals surface area contributed by atoms with Gasteiger partial charge in [0.05, 0.1) is 0 Å². The molecule has 0 aliphatic heterocycles. The van der Waals surface area contributed by atoms with E-state index in [0.29, 0.717) is 6.54 Å². The first kappa shape index (κ1) is 13.7. The first-order valence-corrected chi connectivity index (χ1v) is 5.48. The van der Waals surface area contributed by atoms with Gasteiger partial charge in [-0.1, -0.05) is 19.0 Å². The van der Waals surface area contributed by atoms with Gasteiger partial charge in [0, 0.05) is 19.2 Å². The Balaban J connectivity index is 2.49. The molecule has 0 aromatic carbocycles. The molecule has 1 rings (SSSR count). The van der Waals surface area contributed by atoms with Crippen LogP contribution >= 0.6 is 0 Å². The number of hydrogen-bond donors (Lipinski definition) is 3. The molecule has 1 aromatic heterocycles. The molecule has 3 N–H and O–H groups in total. The van der Waals surface area contributed by atoms with E-state index in [2.05, 4.69) is 15.8 Å². The summed E-state index contributed by atoms with van der Waals surface area (Å²) in [6.07, 6.45) is 0. The number of nitrogens with zero attached hydrogens (tertiary/aromatic N) is 1. The van der Waals surface area contributed by atoms with E-state index in [1.807, 2.05) is 20.9 Å². The zero-order valence-electron chi connectivity index (χ0n) is 10.4. The number of nitrogens with one attached hydrogen (secondary N) is 2. The summed E-state index contributed by atoms with van der Waals surface area (Å²) in [4.78, 5) is 11.7. The van der Waals surface area contributed by atoms with Crippen LogP contribution in [0.5, 0.6) is 0 Å². The fourth-order valence-electron chi connectivity index (χ4n) is 1.45. The van der Waals surface area contributed by atoms with Crippen LogP contribution in [-0.4, -0.2) is 36.3 Å². The Hall–Kier alpha value is -1.40. The van der Waals surface area contributed by atoms with Crippen molar-refractivity contribution < 1.29 is 14.4 Å². The number of aliphatic hydroxyl groups is 1. The highest BCUT2D eigenvalue weighted by atomic mass is 16.5. The Morgan fingerprint density at radius 2 is 2.24 bits per heavy atom. The van der Waals surface area contributed by atoms with Crippen molar-refractivity contribution in [1.82, 2.24) is 15.8 Å². The lowest BCUT2D eigenvalue weighted by atomic mass is 9.93. The van der Waals surface area contributed by atoms with Crippen LogP contribution in [0.2, 0.25) is 0 Å². The van der Waals surface area contributed by atoms with Gasteiger partial charge in [-0.2, -0.15) is 0 Å². The summed E-state index contributed by atoms with van der Waals surface area (Å²) < 4.78 is 4.74. The molecule has 6 heteroatoms. The van der Waals surface area contributed by atoms with E-state index in [1.165, 1.54) is 6.07 Å². The van der Waals surface area contributed by atoms with Crippen LogP contribution < -0.4 is 10.6 Å². The number of rotatable bonds is 6. The molecule has 0 bridgehead atoms. The minimum atomic E-state index is -0.294. The summed E-state index contributed by atoms with van der Waals surface area (Å²) in [6, 6.07) is 1.43. The third-order valence-electron chi connectivity index (χ3n) is 2.33. The number of aromatic nitrogens is 1. The maximum Gasteiger partial charge on any atom is 0.273 e. The van der Waals surface area contributed by atoms with Crippen LogP contribution in [0, 0.1) is 5.41 Å². The number of carbonyl (C=O) groups is 1. The molecule has 1 amide bonds. The predicted octanol–water partition coefficient (Wildman–Crippen LogP) is 0.142. The molecule has 17 heavy (non-hydrogen) atoms. The molecule has 0 aliphatic rings. The third-order valence-corrected chi connectivity index (χ3v) is 2.33. The van der Waals surface area contributed by atoms with Gasteiger partial charge in [-0.15, -0.1) is 0 Å². The summed E-state index contributed by atoms with van der Waals surface area (Å²) in [6.45, 7) is 5.17. The van der Waals surface area contributed by atoms with E-state index in [1.54, 1.807) is 0 Å². The highest BCUT2D eigenvalue weighted by molar-refractivity contribution is 5.92. The Kier molecular flexibility index (Phi) is 4.65. The van der Waals surface area contributed by atoms with Crippen LogP contribution in [-0.2, 0) is 6.61 Å². The lowest BCUT2D eigenvalue weighted by molar-refractivity contribution is 0.0927. The summed E-state index contributed by atoms with van der Waals surface area (Å²) in [5, 5.41) is 18.2. The minimum absolute atomic E-state index is 0.0338. The van der Waals surface area contributed by atoms with Crippen molar-refractivity contribution in [3.63, 3.8) is 0 Å². The van der Waals surface area contributed by atoms with Gasteiger partial charge in [0.25, 0.3) is 5.91 Å². The third kappa shape index (κ3) is 4.16. The second-order valence-corrected chi connectivity index (χ2v) is 4.71. The van der Waals surface area contributed by atoms with Gasteiger partial charge in [-0.05, 0) is 12.5 Å². The van der Waals surface area contributed by atoms with E-state index >= 15 is 0 Å². The van der Waals surface area contributed by atoms with Gasteiger partial charge in [0.2, 0.25) is 0 Å². The number of aliphatic hydroxyl groups excluding tert-OH is 1. The van der Waals surface area contributed by atoms with Crippen molar-refractivity contribution in [2.45, 2.75) is 20.5 Å². The normalized spacial score (nSPS) is 11.5. The van der Waals surface area contributed by atoms with Gasteiger partial charge in [-0.25, -0.2) is 0 Å². The molecule has 0 spiro atoms. The summed E-state index contributed by atoms with van der Waals surface area (Å²) in [5.74, 6) is -0.0118. The average Bonchev–Trinajstić information content (AvgIpc) is 2.74. The van der Waals surface area contributed by atoms with Crippen molar-refractivity contribution in [2.75, 3.05) is 20.1 Å². The van der Waals surface area contributed by atoms with Gasteiger partial charge in [-0.3, -0.25) is 4.79 Å². The smallest absolute Gasteiger partial charge is 0.273 e. The molecule has 0 aliphatic carbocycles. The lowest BCUT2D eigenvalue weighted by Gasteiger charge is -2.24. The van der Waals surface area contributed by atoms with E-state index in [9.17, 15) is 4.79 Å². The van der Waals surface area contributed by atoms with Crippen LogP contribution in [0.15, 0.2) is 10.6 Å². The van der Waals surface area contributed by atoms with Gasteiger partial charge in [0.1, 0.15) is 6.61 Å². The Labute approximate surface area is 100 Å². The van der Waals surface area contributed by atoms with Crippen LogP contribution in [0.4, 0.5) is 0 Å². The molecule has 1 heterocycles. The van der Waals surface area contributed by atoms with Gasteiger partial charge in [0.15, 0.2) is 11.5 Å². The second kappa shape index (κ2) is 5.79. The first-order chi connectivity index (χ1) is 7.98. The van der Waals surface area contributed by atoms with E-state index in [-0.39, 0.29) is 29.4 Å². The number of hydrogen-bond acceptors (Lipinski definition) is 5. The molecule has 96 valence electrons. The molecule has 6 nitrogen and oxygen atoms in total. The van der Waals surface area contributed by atoms with Crippen molar-refractivity contribution in [3.05, 3.63) is 17.5 Å². The topological polar surface area (TPSA) is 87.4 Å². The van der Waals surface area contributed by atoms with Crippen LogP contribution in [0.1, 0.15) is 30.1 Å². The molecule has 0 atom stereocenters. The molecular formula is C11H19N3O3. The lowest BCUT2D eigenvalue weighted by Crippen LogP contribution is -2.39. The largest absolute Gasteiger partial charge is 0.388 e. The fourth-order valence-corrected chi connectivity index (χ4v) is 1.45. The molecule has 0 unspecified atom stereocenters. The summed E-state index contributed by atoms with van der Waals surface area (Å²) >= 11 is 0. The Bertz CT molecular complexity index is 374. The quantitative estimate of drug-likeness (QED) is 0.659. The fraction of sp³-hybridized carbons (Fsp3) is 0.636. The molecule has 0 saturated carbocycles. The molecule has 0 radical (unpaired) electrons. The van der Waals surface area contributed by atoms with Gasteiger partial charge >= 0.3 is 0 Å². The van der Waals surface area contributed by atoms with Crippen molar-refractivity contribution >= 4 is 5.91 Å². The zero-order chi connectivity index (χ0) is 12.9.